The van der Waals surface area contributed by atoms with Crippen molar-refractivity contribution >= 4 is 34.1 Å². The number of thioether (sulfide) groups is 1. The van der Waals surface area contributed by atoms with Gasteiger partial charge in [-0.25, -0.2) is 14.8 Å². The normalized spacial score (nSPS) is 11.2. The summed E-state index contributed by atoms with van der Waals surface area (Å²) in [5.74, 6) is 0.533. The molecule has 3 aromatic rings. The van der Waals surface area contributed by atoms with Crippen LogP contribution in [-0.2, 0) is 14.1 Å². The molecular formula is C13H12N4O2S2. The van der Waals surface area contributed by atoms with Crippen LogP contribution in [0.3, 0.4) is 0 Å². The second-order valence-electron chi connectivity index (χ2n) is 4.44. The molecule has 6 nitrogen and oxygen atoms in total. The predicted molar refractivity (Wildman–Crippen MR) is 85.1 cm³/mol. The molecule has 0 aromatic carbocycles. The summed E-state index contributed by atoms with van der Waals surface area (Å²) in [4.78, 5) is 34.2. The molecule has 0 amide bonds. The molecule has 3 rings (SSSR count). The van der Waals surface area contributed by atoms with Crippen LogP contribution < -0.4 is 11.2 Å². The maximum absolute atomic E-state index is 12.3. The first kappa shape index (κ1) is 14.0. The monoisotopic (exact) mass is 320 g/mol. The lowest BCUT2D eigenvalue weighted by Crippen LogP contribution is -2.37. The fourth-order valence-corrected chi connectivity index (χ4v) is 3.31. The van der Waals surface area contributed by atoms with E-state index in [1.165, 1.54) is 34.7 Å². The zero-order valence-corrected chi connectivity index (χ0v) is 13.3. The second-order valence-corrected chi connectivity index (χ2v) is 6.18. The van der Waals surface area contributed by atoms with Gasteiger partial charge in [0.15, 0.2) is 11.5 Å². The Balaban J connectivity index is 2.51. The third kappa shape index (κ3) is 2.11. The van der Waals surface area contributed by atoms with E-state index in [9.17, 15) is 9.59 Å². The van der Waals surface area contributed by atoms with Crippen molar-refractivity contribution in [1.82, 2.24) is 19.1 Å². The van der Waals surface area contributed by atoms with Crippen LogP contribution in [0.1, 0.15) is 0 Å². The Morgan fingerprint density at radius 1 is 1.19 bits per heavy atom. The van der Waals surface area contributed by atoms with Gasteiger partial charge >= 0.3 is 5.69 Å². The van der Waals surface area contributed by atoms with Crippen molar-refractivity contribution < 1.29 is 0 Å². The lowest BCUT2D eigenvalue weighted by Gasteiger charge is -2.10. The van der Waals surface area contributed by atoms with E-state index in [2.05, 4.69) is 9.97 Å². The molecule has 0 saturated heterocycles. The Morgan fingerprint density at radius 3 is 2.57 bits per heavy atom. The molecule has 0 atom stereocenters. The highest BCUT2D eigenvalue weighted by Gasteiger charge is 2.17. The molecular weight excluding hydrogens is 308 g/mol. The van der Waals surface area contributed by atoms with Gasteiger partial charge in [-0.3, -0.25) is 13.9 Å². The first-order chi connectivity index (χ1) is 10.0. The third-order valence-corrected chi connectivity index (χ3v) is 4.75. The molecule has 8 heteroatoms. The number of rotatable bonds is 2. The van der Waals surface area contributed by atoms with Crippen molar-refractivity contribution in [1.29, 1.82) is 0 Å². The molecule has 0 fully saturated rings. The fourth-order valence-electron chi connectivity index (χ4n) is 2.09. The van der Waals surface area contributed by atoms with Crippen molar-refractivity contribution in [2.75, 3.05) is 6.26 Å². The van der Waals surface area contributed by atoms with Gasteiger partial charge in [-0.15, -0.1) is 23.1 Å². The minimum absolute atomic E-state index is 0.366. The number of aromatic nitrogens is 4. The summed E-state index contributed by atoms with van der Waals surface area (Å²) in [5, 5.41) is 2.90. The van der Waals surface area contributed by atoms with Crippen molar-refractivity contribution in [3.05, 3.63) is 38.4 Å². The average Bonchev–Trinajstić information content (AvgIpc) is 3.03. The zero-order chi connectivity index (χ0) is 15.1. The fraction of sp³-hybridized carbons (Fsp3) is 0.231. The molecule has 0 aliphatic carbocycles. The summed E-state index contributed by atoms with van der Waals surface area (Å²) in [6, 6.07) is 3.82. The Labute approximate surface area is 128 Å². The first-order valence-corrected chi connectivity index (χ1v) is 8.20. The van der Waals surface area contributed by atoms with Gasteiger partial charge in [-0.05, 0) is 17.7 Å². The van der Waals surface area contributed by atoms with Gasteiger partial charge in [0.1, 0.15) is 10.4 Å². The number of hydrogen-bond acceptors (Lipinski definition) is 6. The van der Waals surface area contributed by atoms with Crippen LogP contribution >= 0.6 is 23.1 Å². The highest BCUT2D eigenvalue weighted by atomic mass is 32.2. The standard InChI is InChI=1S/C13H12N4O2S2/c1-16-10-8(12(18)17(2)13(16)19)11(20-3)15-9(14-10)7-5-4-6-21-7/h4-6H,1-3H3. The third-order valence-electron chi connectivity index (χ3n) is 3.20. The minimum Gasteiger partial charge on any atom is -0.280 e. The molecule has 3 heterocycles. The Morgan fingerprint density at radius 2 is 1.95 bits per heavy atom. The number of nitrogens with zero attached hydrogens (tertiary/aromatic N) is 4. The Bertz CT molecular complexity index is 941. The maximum Gasteiger partial charge on any atom is 0.332 e. The van der Waals surface area contributed by atoms with Crippen LogP contribution in [0, 0.1) is 0 Å². The van der Waals surface area contributed by atoms with Crippen molar-refractivity contribution in [2.24, 2.45) is 14.1 Å². The van der Waals surface area contributed by atoms with E-state index in [-0.39, 0.29) is 5.56 Å². The lowest BCUT2D eigenvalue weighted by molar-refractivity contribution is 0.703. The van der Waals surface area contributed by atoms with E-state index in [0.717, 1.165) is 9.44 Å². The average molecular weight is 320 g/mol. The highest BCUT2D eigenvalue weighted by Crippen LogP contribution is 2.26. The molecule has 0 saturated carbocycles. The molecule has 108 valence electrons. The number of thiophene rings is 1. The summed E-state index contributed by atoms with van der Waals surface area (Å²) in [6.45, 7) is 0. The van der Waals surface area contributed by atoms with Gasteiger partial charge in [0.25, 0.3) is 5.56 Å². The van der Waals surface area contributed by atoms with Gasteiger partial charge in [-0.1, -0.05) is 6.07 Å². The van der Waals surface area contributed by atoms with Crippen LogP contribution in [0.2, 0.25) is 0 Å². The topological polar surface area (TPSA) is 69.8 Å². The van der Waals surface area contributed by atoms with Gasteiger partial charge < -0.3 is 0 Å². The molecule has 0 aliphatic rings. The Hall–Kier alpha value is -1.93. The van der Waals surface area contributed by atoms with E-state index in [1.54, 1.807) is 7.05 Å². The molecule has 0 aliphatic heterocycles. The van der Waals surface area contributed by atoms with E-state index in [0.29, 0.717) is 21.9 Å². The van der Waals surface area contributed by atoms with Crippen molar-refractivity contribution in [3.8, 4) is 10.7 Å². The van der Waals surface area contributed by atoms with Gasteiger partial charge in [0.05, 0.1) is 4.88 Å². The van der Waals surface area contributed by atoms with Crippen molar-refractivity contribution in [2.45, 2.75) is 5.03 Å². The van der Waals surface area contributed by atoms with E-state index in [1.807, 2.05) is 23.8 Å². The summed E-state index contributed by atoms with van der Waals surface area (Å²) < 4.78 is 2.46. The highest BCUT2D eigenvalue weighted by molar-refractivity contribution is 7.98. The second kappa shape index (κ2) is 5.12. The van der Waals surface area contributed by atoms with E-state index < -0.39 is 5.69 Å². The smallest absolute Gasteiger partial charge is 0.280 e. The first-order valence-electron chi connectivity index (χ1n) is 6.10. The SMILES string of the molecule is CSc1nc(-c2cccs2)nc2c1c(=O)n(C)c(=O)n2C. The maximum atomic E-state index is 12.3. The van der Waals surface area contributed by atoms with Crippen LogP contribution in [0.4, 0.5) is 0 Å². The van der Waals surface area contributed by atoms with Gasteiger partial charge in [-0.2, -0.15) is 0 Å². The van der Waals surface area contributed by atoms with Crippen LogP contribution in [0.25, 0.3) is 21.7 Å². The summed E-state index contributed by atoms with van der Waals surface area (Å²) in [7, 11) is 3.07. The van der Waals surface area contributed by atoms with E-state index in [4.69, 9.17) is 0 Å². The summed E-state index contributed by atoms with van der Waals surface area (Å²) >= 11 is 2.89. The number of fused-ring (bicyclic) bond motifs is 1. The van der Waals surface area contributed by atoms with Crippen LogP contribution in [0.15, 0.2) is 32.1 Å². The lowest BCUT2D eigenvalue weighted by atomic mass is 10.3. The summed E-state index contributed by atoms with van der Waals surface area (Å²) in [5.41, 5.74) is -0.392. The zero-order valence-electron chi connectivity index (χ0n) is 11.7. The largest absolute Gasteiger partial charge is 0.332 e. The summed E-state index contributed by atoms with van der Waals surface area (Å²) in [6.07, 6.45) is 1.85. The van der Waals surface area contributed by atoms with Crippen molar-refractivity contribution in [3.63, 3.8) is 0 Å². The van der Waals surface area contributed by atoms with Gasteiger partial charge in [0.2, 0.25) is 0 Å². The number of aryl methyl sites for hydroxylation is 1. The van der Waals surface area contributed by atoms with Gasteiger partial charge in [0, 0.05) is 14.1 Å². The molecule has 3 aromatic heterocycles. The molecule has 0 radical (unpaired) electrons. The molecule has 0 unspecified atom stereocenters. The molecule has 0 spiro atoms. The Kier molecular flexibility index (Phi) is 3.42. The quantitative estimate of drug-likeness (QED) is 0.528. The van der Waals surface area contributed by atoms with Crippen LogP contribution in [0.5, 0.6) is 0 Å². The number of hydrogen-bond donors (Lipinski definition) is 0. The minimum atomic E-state index is -0.393. The predicted octanol–water partition coefficient (Wildman–Crippen LogP) is 1.48. The molecule has 0 bridgehead atoms. The molecule has 21 heavy (non-hydrogen) atoms. The van der Waals surface area contributed by atoms with Crippen LogP contribution in [-0.4, -0.2) is 25.4 Å². The van der Waals surface area contributed by atoms with E-state index >= 15 is 0 Å². The molecule has 0 N–H and O–H groups in total.